The first kappa shape index (κ1) is 11.9. The van der Waals surface area contributed by atoms with E-state index in [-0.39, 0.29) is 0 Å². The van der Waals surface area contributed by atoms with Gasteiger partial charge in [0.25, 0.3) is 0 Å². The molecule has 0 N–H and O–H groups in total. The van der Waals surface area contributed by atoms with Gasteiger partial charge in [-0.3, -0.25) is 9.69 Å². The van der Waals surface area contributed by atoms with Gasteiger partial charge in [0.05, 0.1) is 6.54 Å². The summed E-state index contributed by atoms with van der Waals surface area (Å²) < 4.78 is 0. The maximum Gasteiger partial charge on any atom is 0.236 e. The molecule has 92 valence electrons. The van der Waals surface area contributed by atoms with Gasteiger partial charge in [-0.05, 0) is 37.3 Å². The maximum atomic E-state index is 12.0. The van der Waals surface area contributed by atoms with E-state index in [0.29, 0.717) is 23.8 Å². The smallest absolute Gasteiger partial charge is 0.236 e. The molecule has 0 radical (unpaired) electrons. The van der Waals surface area contributed by atoms with Gasteiger partial charge in [-0.25, -0.2) is 0 Å². The van der Waals surface area contributed by atoms with Gasteiger partial charge in [0.2, 0.25) is 5.91 Å². The topological polar surface area (TPSA) is 23.6 Å². The molecule has 1 atom stereocenters. The van der Waals surface area contributed by atoms with Crippen molar-refractivity contribution in [2.75, 3.05) is 32.7 Å². The predicted octanol–water partition coefficient (Wildman–Crippen LogP) is 1.59. The fraction of sp³-hybridized carbons (Fsp3) is 0.923. The Hall–Kier alpha value is -0.570. The van der Waals surface area contributed by atoms with E-state index in [4.69, 9.17) is 0 Å². The molecule has 0 unspecified atom stereocenters. The second-order valence-corrected chi connectivity index (χ2v) is 6.00. The Morgan fingerprint density at radius 3 is 2.44 bits per heavy atom. The highest BCUT2D eigenvalue weighted by molar-refractivity contribution is 5.78. The van der Waals surface area contributed by atoms with E-state index in [9.17, 15) is 4.79 Å². The van der Waals surface area contributed by atoms with Gasteiger partial charge in [0.1, 0.15) is 0 Å². The van der Waals surface area contributed by atoms with Gasteiger partial charge in [-0.15, -0.1) is 0 Å². The molecule has 2 aliphatic rings. The summed E-state index contributed by atoms with van der Waals surface area (Å²) in [6.07, 6.45) is 2.42. The second kappa shape index (κ2) is 4.36. The van der Waals surface area contributed by atoms with Crippen LogP contribution in [0.3, 0.4) is 0 Å². The normalized spacial score (nSPS) is 30.9. The summed E-state index contributed by atoms with van der Waals surface area (Å²) in [4.78, 5) is 16.4. The average Bonchev–Trinajstić information content (AvgIpc) is 2.56. The molecule has 2 fully saturated rings. The average molecular weight is 224 g/mol. The Labute approximate surface area is 98.8 Å². The Balaban J connectivity index is 1.85. The van der Waals surface area contributed by atoms with Gasteiger partial charge in [-0.1, -0.05) is 20.8 Å². The van der Waals surface area contributed by atoms with Crippen LogP contribution in [0.4, 0.5) is 0 Å². The van der Waals surface area contributed by atoms with Crippen molar-refractivity contribution in [1.29, 1.82) is 0 Å². The van der Waals surface area contributed by atoms with Crippen LogP contribution in [0.15, 0.2) is 0 Å². The number of amides is 1. The van der Waals surface area contributed by atoms with Crippen LogP contribution in [0, 0.1) is 11.3 Å². The summed E-state index contributed by atoms with van der Waals surface area (Å²) in [6.45, 7) is 11.6. The van der Waals surface area contributed by atoms with Crippen LogP contribution in [0.1, 0.15) is 33.6 Å². The van der Waals surface area contributed by atoms with Crippen LogP contribution >= 0.6 is 0 Å². The van der Waals surface area contributed by atoms with Gasteiger partial charge in [0, 0.05) is 13.1 Å². The van der Waals surface area contributed by atoms with Crippen LogP contribution in [0.5, 0.6) is 0 Å². The minimum Gasteiger partial charge on any atom is -0.341 e. The summed E-state index contributed by atoms with van der Waals surface area (Å²) in [6, 6.07) is 0. The zero-order valence-electron chi connectivity index (χ0n) is 10.8. The fourth-order valence-electron chi connectivity index (χ4n) is 2.50. The molecule has 0 aromatic carbocycles. The number of hydrogen-bond acceptors (Lipinski definition) is 2. The van der Waals surface area contributed by atoms with Crippen LogP contribution in [-0.4, -0.2) is 48.4 Å². The van der Waals surface area contributed by atoms with Crippen molar-refractivity contribution in [1.82, 2.24) is 9.80 Å². The molecule has 0 aromatic heterocycles. The molecule has 3 heteroatoms. The number of rotatable bonds is 3. The molecule has 0 saturated carbocycles. The highest BCUT2D eigenvalue weighted by Crippen LogP contribution is 2.37. The Morgan fingerprint density at radius 2 is 2.00 bits per heavy atom. The molecule has 2 heterocycles. The number of carbonyl (C=O) groups is 1. The molecular formula is C13H24N2O. The minimum atomic E-state index is 0.337. The van der Waals surface area contributed by atoms with E-state index < -0.39 is 0 Å². The lowest BCUT2D eigenvalue weighted by Gasteiger charge is -2.32. The predicted molar refractivity (Wildman–Crippen MR) is 65.2 cm³/mol. The third kappa shape index (κ3) is 2.24. The summed E-state index contributed by atoms with van der Waals surface area (Å²) in [5, 5.41) is 0. The van der Waals surface area contributed by atoms with Crippen molar-refractivity contribution in [3.8, 4) is 0 Å². The van der Waals surface area contributed by atoms with Crippen molar-refractivity contribution >= 4 is 5.91 Å². The fourth-order valence-corrected chi connectivity index (χ4v) is 2.50. The van der Waals surface area contributed by atoms with Crippen molar-refractivity contribution < 1.29 is 4.79 Å². The Kier molecular flexibility index (Phi) is 3.24. The first-order valence-electron chi connectivity index (χ1n) is 6.51. The highest BCUT2D eigenvalue weighted by Gasteiger charge is 2.38. The van der Waals surface area contributed by atoms with Gasteiger partial charge in [-0.2, -0.15) is 0 Å². The number of nitrogens with zero attached hydrogens (tertiary/aromatic N) is 2. The largest absolute Gasteiger partial charge is 0.341 e. The quantitative estimate of drug-likeness (QED) is 0.727. The SMILES string of the molecule is CC(C)[C@@]1(C)CCN(C(=O)CN2CCC2)C1. The lowest BCUT2D eigenvalue weighted by atomic mass is 9.78. The standard InChI is InChI=1S/C13H24N2O/c1-11(2)13(3)5-8-15(10-13)12(16)9-14-6-4-7-14/h11H,4-10H2,1-3H3/t13-/m0/s1. The molecule has 1 amide bonds. The van der Waals surface area contributed by atoms with Crippen molar-refractivity contribution in [2.24, 2.45) is 11.3 Å². The van der Waals surface area contributed by atoms with Crippen molar-refractivity contribution in [3.63, 3.8) is 0 Å². The third-order valence-electron chi connectivity index (χ3n) is 4.56. The monoisotopic (exact) mass is 224 g/mol. The molecule has 2 aliphatic heterocycles. The van der Waals surface area contributed by atoms with Gasteiger partial charge >= 0.3 is 0 Å². The Morgan fingerprint density at radius 1 is 1.31 bits per heavy atom. The zero-order chi connectivity index (χ0) is 11.8. The molecule has 0 aliphatic carbocycles. The van der Waals surface area contributed by atoms with E-state index in [1.165, 1.54) is 6.42 Å². The Bertz CT molecular complexity index is 273. The molecule has 3 nitrogen and oxygen atoms in total. The van der Waals surface area contributed by atoms with Crippen LogP contribution in [0.25, 0.3) is 0 Å². The highest BCUT2D eigenvalue weighted by atomic mass is 16.2. The lowest BCUT2D eigenvalue weighted by molar-refractivity contribution is -0.132. The number of likely N-dealkylation sites (tertiary alicyclic amines) is 2. The molecule has 2 rings (SSSR count). The number of hydrogen-bond donors (Lipinski definition) is 0. The third-order valence-corrected chi connectivity index (χ3v) is 4.56. The van der Waals surface area contributed by atoms with E-state index in [2.05, 4.69) is 30.6 Å². The van der Waals surface area contributed by atoms with E-state index >= 15 is 0 Å². The lowest BCUT2D eigenvalue weighted by Crippen LogP contribution is -2.45. The minimum absolute atomic E-state index is 0.337. The summed E-state index contributed by atoms with van der Waals surface area (Å²) >= 11 is 0. The van der Waals surface area contributed by atoms with Gasteiger partial charge < -0.3 is 4.90 Å². The van der Waals surface area contributed by atoms with E-state index in [1.807, 2.05) is 0 Å². The molecule has 0 bridgehead atoms. The van der Waals surface area contributed by atoms with E-state index in [0.717, 1.165) is 32.6 Å². The molecule has 0 aromatic rings. The molecular weight excluding hydrogens is 200 g/mol. The zero-order valence-corrected chi connectivity index (χ0v) is 10.8. The summed E-state index contributed by atoms with van der Waals surface area (Å²) in [7, 11) is 0. The van der Waals surface area contributed by atoms with Gasteiger partial charge in [0.15, 0.2) is 0 Å². The molecule has 2 saturated heterocycles. The van der Waals surface area contributed by atoms with Crippen molar-refractivity contribution in [2.45, 2.75) is 33.6 Å². The van der Waals surface area contributed by atoms with Crippen LogP contribution in [-0.2, 0) is 4.79 Å². The van der Waals surface area contributed by atoms with Crippen molar-refractivity contribution in [3.05, 3.63) is 0 Å². The summed E-state index contributed by atoms with van der Waals surface area (Å²) in [5.41, 5.74) is 0.338. The first-order chi connectivity index (χ1) is 7.51. The van der Waals surface area contributed by atoms with Crippen LogP contribution in [0.2, 0.25) is 0 Å². The van der Waals surface area contributed by atoms with Crippen LogP contribution < -0.4 is 0 Å². The second-order valence-electron chi connectivity index (χ2n) is 6.00. The molecule has 0 spiro atoms. The summed E-state index contributed by atoms with van der Waals surface area (Å²) in [5.74, 6) is 0.999. The number of carbonyl (C=O) groups excluding carboxylic acids is 1. The van der Waals surface area contributed by atoms with E-state index in [1.54, 1.807) is 0 Å². The maximum absolute atomic E-state index is 12.0. The first-order valence-corrected chi connectivity index (χ1v) is 6.51. The molecule has 16 heavy (non-hydrogen) atoms.